The lowest BCUT2D eigenvalue weighted by molar-refractivity contribution is -0.116. The number of nitrogens with one attached hydrogen (secondary N) is 1. The molecule has 1 aliphatic rings. The fourth-order valence-electron chi connectivity index (χ4n) is 2.85. The van der Waals surface area contributed by atoms with Gasteiger partial charge in [0.1, 0.15) is 0 Å². The first kappa shape index (κ1) is 17.1. The van der Waals surface area contributed by atoms with Gasteiger partial charge >= 0.3 is 0 Å². The maximum atomic E-state index is 12.5. The SMILES string of the molecule is CC(=O)N1CCc2cc(Br)cc(NC(=O)c3cc(O)c(O)c(O)c3)c21. The number of nitrogens with zero attached hydrogens (tertiary/aromatic N) is 1. The highest BCUT2D eigenvalue weighted by Crippen LogP contribution is 2.39. The Labute approximate surface area is 151 Å². The van der Waals surface area contributed by atoms with Gasteiger partial charge in [0.2, 0.25) is 5.91 Å². The Kier molecular flexibility index (Phi) is 4.30. The normalized spacial score (nSPS) is 12.8. The Balaban J connectivity index is 1.99. The molecule has 3 rings (SSSR count). The number of fused-ring (bicyclic) bond motifs is 1. The molecule has 1 heterocycles. The molecule has 0 unspecified atom stereocenters. The van der Waals surface area contributed by atoms with E-state index in [4.69, 9.17) is 0 Å². The third kappa shape index (κ3) is 3.12. The van der Waals surface area contributed by atoms with E-state index in [1.165, 1.54) is 6.92 Å². The largest absolute Gasteiger partial charge is 0.504 e. The van der Waals surface area contributed by atoms with Crippen molar-refractivity contribution in [3.8, 4) is 17.2 Å². The zero-order valence-corrected chi connectivity index (χ0v) is 14.8. The molecular weight excluding hydrogens is 392 g/mol. The number of hydrogen-bond acceptors (Lipinski definition) is 5. The molecule has 2 aromatic carbocycles. The van der Waals surface area contributed by atoms with Gasteiger partial charge in [-0.1, -0.05) is 15.9 Å². The van der Waals surface area contributed by atoms with Gasteiger partial charge in [0.15, 0.2) is 17.2 Å². The lowest BCUT2D eigenvalue weighted by Crippen LogP contribution is -2.27. The van der Waals surface area contributed by atoms with Gasteiger partial charge in [0.05, 0.1) is 11.4 Å². The van der Waals surface area contributed by atoms with E-state index in [1.807, 2.05) is 6.07 Å². The highest BCUT2D eigenvalue weighted by atomic mass is 79.9. The number of aromatic hydroxyl groups is 3. The number of phenols is 3. The minimum absolute atomic E-state index is 0.0334. The van der Waals surface area contributed by atoms with Gasteiger partial charge in [0.25, 0.3) is 5.91 Å². The highest BCUT2D eigenvalue weighted by molar-refractivity contribution is 9.10. The van der Waals surface area contributed by atoms with Gasteiger partial charge < -0.3 is 25.5 Å². The van der Waals surface area contributed by atoms with Crippen LogP contribution in [0, 0.1) is 0 Å². The standard InChI is InChI=1S/C17H15BrN2O5/c1-8(21)20-3-2-9-4-11(18)7-12(15(9)20)19-17(25)10-5-13(22)16(24)14(23)6-10/h4-7,22-24H,2-3H2,1H3,(H,19,25). The predicted molar refractivity (Wildman–Crippen MR) is 95.3 cm³/mol. The molecule has 0 fully saturated rings. The molecule has 130 valence electrons. The number of rotatable bonds is 2. The van der Waals surface area contributed by atoms with Crippen molar-refractivity contribution in [3.63, 3.8) is 0 Å². The van der Waals surface area contributed by atoms with Gasteiger partial charge in [-0.25, -0.2) is 0 Å². The quantitative estimate of drug-likeness (QED) is 0.573. The summed E-state index contributed by atoms with van der Waals surface area (Å²) < 4.78 is 0.753. The van der Waals surface area contributed by atoms with E-state index in [1.54, 1.807) is 11.0 Å². The minimum atomic E-state index is -0.692. The average molecular weight is 407 g/mol. The maximum absolute atomic E-state index is 12.5. The molecule has 7 nitrogen and oxygen atoms in total. The molecule has 0 aromatic heterocycles. The van der Waals surface area contributed by atoms with Crippen LogP contribution >= 0.6 is 15.9 Å². The van der Waals surface area contributed by atoms with Crippen LogP contribution in [-0.4, -0.2) is 33.7 Å². The van der Waals surface area contributed by atoms with Crippen molar-refractivity contribution in [2.45, 2.75) is 13.3 Å². The molecule has 0 radical (unpaired) electrons. The molecule has 0 saturated heterocycles. The van der Waals surface area contributed by atoms with E-state index in [-0.39, 0.29) is 11.5 Å². The van der Waals surface area contributed by atoms with Crippen molar-refractivity contribution in [2.24, 2.45) is 0 Å². The van der Waals surface area contributed by atoms with Crippen LogP contribution < -0.4 is 10.2 Å². The summed E-state index contributed by atoms with van der Waals surface area (Å²) in [5, 5.41) is 31.2. The molecule has 0 saturated carbocycles. The molecule has 0 aliphatic carbocycles. The van der Waals surface area contributed by atoms with E-state index in [0.29, 0.717) is 24.3 Å². The van der Waals surface area contributed by atoms with Crippen molar-refractivity contribution < 1.29 is 24.9 Å². The second-order valence-corrected chi connectivity index (χ2v) is 6.61. The number of anilines is 2. The van der Waals surface area contributed by atoms with E-state index in [9.17, 15) is 24.9 Å². The molecular formula is C17H15BrN2O5. The maximum Gasteiger partial charge on any atom is 0.255 e. The second kappa shape index (κ2) is 6.29. The van der Waals surface area contributed by atoms with Crippen molar-refractivity contribution in [1.29, 1.82) is 0 Å². The number of hydrogen-bond donors (Lipinski definition) is 4. The van der Waals surface area contributed by atoms with Crippen LogP contribution in [0.5, 0.6) is 17.2 Å². The molecule has 8 heteroatoms. The Morgan fingerprint density at radius 3 is 2.36 bits per heavy atom. The number of carbonyl (C=O) groups is 2. The molecule has 2 aromatic rings. The van der Waals surface area contributed by atoms with E-state index >= 15 is 0 Å². The average Bonchev–Trinajstić information content (AvgIpc) is 2.96. The molecule has 4 N–H and O–H groups in total. The summed E-state index contributed by atoms with van der Waals surface area (Å²) in [6, 6.07) is 5.67. The fraction of sp³-hybridized carbons (Fsp3) is 0.176. The Bertz CT molecular complexity index is 874. The summed E-state index contributed by atoms with van der Waals surface area (Å²) in [4.78, 5) is 25.9. The Morgan fingerprint density at radius 1 is 1.12 bits per heavy atom. The van der Waals surface area contributed by atoms with Gasteiger partial charge in [-0.15, -0.1) is 0 Å². The molecule has 25 heavy (non-hydrogen) atoms. The monoisotopic (exact) mass is 406 g/mol. The van der Waals surface area contributed by atoms with Gasteiger partial charge in [-0.3, -0.25) is 9.59 Å². The minimum Gasteiger partial charge on any atom is -0.504 e. The Hall–Kier alpha value is -2.74. The molecule has 0 bridgehead atoms. The summed E-state index contributed by atoms with van der Waals surface area (Å²) in [6.45, 7) is 1.99. The first-order valence-corrected chi connectivity index (χ1v) is 8.24. The third-order valence-electron chi connectivity index (χ3n) is 3.99. The second-order valence-electron chi connectivity index (χ2n) is 5.70. The van der Waals surface area contributed by atoms with Crippen molar-refractivity contribution in [1.82, 2.24) is 0 Å². The highest BCUT2D eigenvalue weighted by Gasteiger charge is 2.27. The van der Waals surface area contributed by atoms with Crippen molar-refractivity contribution >= 4 is 39.1 Å². The summed E-state index contributed by atoms with van der Waals surface area (Å²) in [5.74, 6) is -2.62. The third-order valence-corrected chi connectivity index (χ3v) is 4.45. The number of halogens is 1. The predicted octanol–water partition coefficient (Wildman–Crippen LogP) is 2.73. The summed E-state index contributed by atoms with van der Waals surface area (Å²) in [5.41, 5.74) is 1.97. The summed E-state index contributed by atoms with van der Waals surface area (Å²) in [7, 11) is 0. The Morgan fingerprint density at radius 2 is 1.76 bits per heavy atom. The lowest BCUT2D eigenvalue weighted by Gasteiger charge is -2.19. The molecule has 1 aliphatic heterocycles. The zero-order chi connectivity index (χ0) is 18.3. The number of amides is 2. The first-order valence-electron chi connectivity index (χ1n) is 7.44. The van der Waals surface area contributed by atoms with Crippen LogP contribution in [0.15, 0.2) is 28.7 Å². The number of phenolic OH excluding ortho intramolecular Hbond substituents is 3. The fourth-order valence-corrected chi connectivity index (χ4v) is 3.35. The van der Waals surface area contributed by atoms with Gasteiger partial charge in [-0.2, -0.15) is 0 Å². The first-order chi connectivity index (χ1) is 11.8. The van der Waals surface area contributed by atoms with Crippen LogP contribution in [0.4, 0.5) is 11.4 Å². The smallest absolute Gasteiger partial charge is 0.255 e. The molecule has 2 amide bonds. The van der Waals surface area contributed by atoms with Crippen LogP contribution in [-0.2, 0) is 11.2 Å². The van der Waals surface area contributed by atoms with Crippen LogP contribution in [0.3, 0.4) is 0 Å². The summed E-state index contributed by atoms with van der Waals surface area (Å²) in [6.07, 6.45) is 0.679. The van der Waals surface area contributed by atoms with Crippen LogP contribution in [0.1, 0.15) is 22.8 Å². The van der Waals surface area contributed by atoms with Crippen molar-refractivity contribution in [2.75, 3.05) is 16.8 Å². The zero-order valence-electron chi connectivity index (χ0n) is 13.2. The lowest BCUT2D eigenvalue weighted by atomic mass is 10.1. The number of carbonyl (C=O) groups excluding carboxylic acids is 2. The number of benzene rings is 2. The van der Waals surface area contributed by atoms with Crippen molar-refractivity contribution in [3.05, 3.63) is 39.9 Å². The summed E-state index contributed by atoms with van der Waals surface area (Å²) >= 11 is 3.38. The van der Waals surface area contributed by atoms with Crippen LogP contribution in [0.25, 0.3) is 0 Å². The topological polar surface area (TPSA) is 110 Å². The van der Waals surface area contributed by atoms with Gasteiger partial charge in [-0.05, 0) is 36.2 Å². The molecule has 0 spiro atoms. The van der Waals surface area contributed by atoms with Gasteiger partial charge in [0, 0.05) is 23.5 Å². The van der Waals surface area contributed by atoms with E-state index in [0.717, 1.165) is 22.2 Å². The molecule has 0 atom stereocenters. The van der Waals surface area contributed by atoms with E-state index in [2.05, 4.69) is 21.2 Å². The van der Waals surface area contributed by atoms with Crippen LogP contribution in [0.2, 0.25) is 0 Å². The van der Waals surface area contributed by atoms with E-state index < -0.39 is 23.2 Å².